The minimum atomic E-state index is -0.173. The Balaban J connectivity index is 1.65. The average molecular weight is 426 g/mol. The summed E-state index contributed by atoms with van der Waals surface area (Å²) in [5, 5.41) is 8.46. The second kappa shape index (κ2) is 10.9. The second-order valence-electron chi connectivity index (χ2n) is 7.19. The number of rotatable bonds is 9. The molecule has 0 unspecified atom stereocenters. The van der Waals surface area contributed by atoms with Gasteiger partial charge < -0.3 is 0 Å². The van der Waals surface area contributed by atoms with Crippen molar-refractivity contribution in [3.05, 3.63) is 118 Å². The van der Waals surface area contributed by atoms with E-state index in [1.807, 2.05) is 12.1 Å². The zero-order chi connectivity index (χ0) is 22.9. The smallest absolute Gasteiger partial charge is 0.193 e. The molecule has 5 heteroatoms. The maximum Gasteiger partial charge on any atom is 0.193 e. The van der Waals surface area contributed by atoms with E-state index in [2.05, 4.69) is 4.89 Å². The molecule has 0 heterocycles. The summed E-state index contributed by atoms with van der Waals surface area (Å²) in [6.07, 6.45) is 6.35. The molecular formula is C27H22O5. The zero-order valence-electron chi connectivity index (χ0n) is 17.5. The highest BCUT2D eigenvalue weighted by Gasteiger charge is 2.10. The summed E-state index contributed by atoms with van der Waals surface area (Å²) in [4.78, 5) is 40.2. The molecule has 3 aromatic carbocycles. The third-order valence-corrected chi connectivity index (χ3v) is 4.75. The van der Waals surface area contributed by atoms with Crippen molar-refractivity contribution >= 4 is 29.5 Å². The fourth-order valence-corrected chi connectivity index (χ4v) is 2.98. The summed E-state index contributed by atoms with van der Waals surface area (Å²) in [5.74, 6) is -0.359. The normalized spacial score (nSPS) is 11.2. The molecule has 0 aromatic heterocycles. The van der Waals surface area contributed by atoms with Crippen molar-refractivity contribution in [3.8, 4) is 0 Å². The van der Waals surface area contributed by atoms with Crippen LogP contribution in [0.25, 0.3) is 12.2 Å². The average Bonchev–Trinajstić information content (AvgIpc) is 2.82. The SMILES string of the molecule is CC(=O)C=Cc1ccc(C(=O)c2ccc(C(=O)C=Cc3ccc(COO)cc3)cc2)cc1. The Bertz CT molecular complexity index is 1150. The Labute approximate surface area is 186 Å². The van der Waals surface area contributed by atoms with E-state index in [-0.39, 0.29) is 24.0 Å². The van der Waals surface area contributed by atoms with Gasteiger partial charge in [-0.05, 0) is 35.8 Å². The van der Waals surface area contributed by atoms with E-state index in [1.54, 1.807) is 72.8 Å². The molecule has 0 radical (unpaired) electrons. The highest BCUT2D eigenvalue weighted by atomic mass is 17.1. The standard InChI is InChI=1S/C27H22O5/c1-19(28)2-3-20-8-11-24(12-9-20)27(30)25-15-13-23(14-16-25)26(29)17-10-21-4-6-22(7-5-21)18-32-31/h2-17,31H,18H2,1H3. The van der Waals surface area contributed by atoms with Crippen molar-refractivity contribution in [2.24, 2.45) is 0 Å². The highest BCUT2D eigenvalue weighted by molar-refractivity contribution is 6.11. The molecule has 160 valence electrons. The molecular weight excluding hydrogens is 404 g/mol. The van der Waals surface area contributed by atoms with Crippen molar-refractivity contribution in [2.45, 2.75) is 13.5 Å². The summed E-state index contributed by atoms with van der Waals surface area (Å²) < 4.78 is 0. The summed E-state index contributed by atoms with van der Waals surface area (Å²) in [7, 11) is 0. The number of hydrogen-bond donors (Lipinski definition) is 1. The van der Waals surface area contributed by atoms with Gasteiger partial charge in [0.05, 0.1) is 0 Å². The first-order chi connectivity index (χ1) is 15.5. The molecule has 0 bridgehead atoms. The molecule has 0 atom stereocenters. The molecule has 3 aromatic rings. The summed E-state index contributed by atoms with van der Waals surface area (Å²) in [6, 6.07) is 20.7. The lowest BCUT2D eigenvalue weighted by atomic mass is 9.99. The summed E-state index contributed by atoms with van der Waals surface area (Å²) in [6.45, 7) is 1.58. The van der Waals surface area contributed by atoms with E-state index in [1.165, 1.54) is 19.1 Å². The van der Waals surface area contributed by atoms with Crippen molar-refractivity contribution in [1.29, 1.82) is 0 Å². The van der Waals surface area contributed by atoms with Crippen LogP contribution in [0.1, 0.15) is 49.9 Å². The predicted octanol–water partition coefficient (Wildman–Crippen LogP) is 5.41. The molecule has 0 fully saturated rings. The van der Waals surface area contributed by atoms with Gasteiger partial charge in [0.15, 0.2) is 17.3 Å². The lowest BCUT2D eigenvalue weighted by Crippen LogP contribution is -2.02. The van der Waals surface area contributed by atoms with Gasteiger partial charge in [-0.15, -0.1) is 0 Å². The van der Waals surface area contributed by atoms with Crippen LogP contribution in [0.2, 0.25) is 0 Å². The summed E-state index contributed by atoms with van der Waals surface area (Å²) >= 11 is 0. The number of hydrogen-bond acceptors (Lipinski definition) is 5. The molecule has 3 rings (SSSR count). The monoisotopic (exact) mass is 426 g/mol. The molecule has 0 aliphatic rings. The van der Waals surface area contributed by atoms with Crippen LogP contribution in [0.4, 0.5) is 0 Å². The molecule has 1 N–H and O–H groups in total. The molecule has 0 aliphatic heterocycles. The van der Waals surface area contributed by atoms with Gasteiger partial charge in [-0.25, -0.2) is 4.89 Å². The van der Waals surface area contributed by atoms with Crippen LogP contribution in [-0.2, 0) is 16.3 Å². The number of benzene rings is 3. The van der Waals surface area contributed by atoms with E-state index in [0.29, 0.717) is 16.7 Å². The minimum Gasteiger partial charge on any atom is -0.295 e. The van der Waals surface area contributed by atoms with Crippen LogP contribution in [0.5, 0.6) is 0 Å². The van der Waals surface area contributed by atoms with E-state index < -0.39 is 0 Å². The third kappa shape index (κ3) is 6.28. The lowest BCUT2D eigenvalue weighted by molar-refractivity contribution is -0.253. The van der Waals surface area contributed by atoms with Gasteiger partial charge in [-0.3, -0.25) is 19.6 Å². The quantitative estimate of drug-likeness (QED) is 0.214. The molecule has 0 aliphatic carbocycles. The van der Waals surface area contributed by atoms with Gasteiger partial charge in [0.1, 0.15) is 6.61 Å². The van der Waals surface area contributed by atoms with Crippen LogP contribution in [0.3, 0.4) is 0 Å². The maximum absolute atomic E-state index is 12.7. The van der Waals surface area contributed by atoms with Gasteiger partial charge in [0, 0.05) is 16.7 Å². The summed E-state index contributed by atoms with van der Waals surface area (Å²) in [5.41, 5.74) is 3.98. The Morgan fingerprint density at radius 2 is 1.19 bits per heavy atom. The number of carbonyl (C=O) groups is 3. The molecule has 0 spiro atoms. The Kier molecular flexibility index (Phi) is 7.75. The fraction of sp³-hybridized carbons (Fsp3) is 0.0741. The molecule has 32 heavy (non-hydrogen) atoms. The third-order valence-electron chi connectivity index (χ3n) is 4.75. The first kappa shape index (κ1) is 22.7. The van der Waals surface area contributed by atoms with E-state index in [9.17, 15) is 14.4 Å². The Hall–Kier alpha value is -3.93. The topological polar surface area (TPSA) is 80.7 Å². The van der Waals surface area contributed by atoms with Crippen LogP contribution >= 0.6 is 0 Å². The molecule has 0 saturated carbocycles. The van der Waals surface area contributed by atoms with Gasteiger partial charge in [0.2, 0.25) is 0 Å². The van der Waals surface area contributed by atoms with Crippen molar-refractivity contribution in [1.82, 2.24) is 0 Å². The largest absolute Gasteiger partial charge is 0.295 e. The molecule has 0 saturated heterocycles. The highest BCUT2D eigenvalue weighted by Crippen LogP contribution is 2.14. The van der Waals surface area contributed by atoms with Crippen LogP contribution in [0.15, 0.2) is 84.9 Å². The van der Waals surface area contributed by atoms with Gasteiger partial charge in [-0.2, -0.15) is 0 Å². The van der Waals surface area contributed by atoms with Gasteiger partial charge in [0.25, 0.3) is 0 Å². The zero-order valence-corrected chi connectivity index (χ0v) is 17.5. The van der Waals surface area contributed by atoms with Crippen LogP contribution in [0, 0.1) is 0 Å². The minimum absolute atomic E-state index is 0.0410. The molecule has 0 amide bonds. The Morgan fingerprint density at radius 3 is 1.72 bits per heavy atom. The Morgan fingerprint density at radius 1 is 0.719 bits per heavy atom. The first-order valence-electron chi connectivity index (χ1n) is 9.97. The van der Waals surface area contributed by atoms with Crippen molar-refractivity contribution in [3.63, 3.8) is 0 Å². The van der Waals surface area contributed by atoms with Crippen molar-refractivity contribution < 1.29 is 24.5 Å². The number of carbonyl (C=O) groups excluding carboxylic acids is 3. The fourth-order valence-electron chi connectivity index (χ4n) is 2.98. The van der Waals surface area contributed by atoms with E-state index in [4.69, 9.17) is 5.26 Å². The lowest BCUT2D eigenvalue weighted by Gasteiger charge is -2.03. The van der Waals surface area contributed by atoms with E-state index in [0.717, 1.165) is 16.7 Å². The van der Waals surface area contributed by atoms with Gasteiger partial charge >= 0.3 is 0 Å². The van der Waals surface area contributed by atoms with Crippen LogP contribution < -0.4 is 0 Å². The second-order valence-corrected chi connectivity index (χ2v) is 7.19. The van der Waals surface area contributed by atoms with Crippen molar-refractivity contribution in [2.75, 3.05) is 0 Å². The van der Waals surface area contributed by atoms with Gasteiger partial charge in [-0.1, -0.05) is 84.9 Å². The van der Waals surface area contributed by atoms with Crippen LogP contribution in [-0.4, -0.2) is 22.6 Å². The maximum atomic E-state index is 12.7. The number of ketones is 3. The number of allylic oxidation sites excluding steroid dienone is 2. The van der Waals surface area contributed by atoms with E-state index >= 15 is 0 Å². The first-order valence-corrected chi connectivity index (χ1v) is 9.97. The predicted molar refractivity (Wildman–Crippen MR) is 123 cm³/mol. The molecule has 5 nitrogen and oxygen atoms in total.